The van der Waals surface area contributed by atoms with E-state index in [1.165, 1.54) is 12.1 Å². The number of hydrogen-bond donors (Lipinski definition) is 2. The van der Waals surface area contributed by atoms with Gasteiger partial charge in [0.15, 0.2) is 0 Å². The number of anilines is 2. The maximum Gasteiger partial charge on any atom is 0.258 e. The van der Waals surface area contributed by atoms with Crippen LogP contribution in [0, 0.1) is 19.7 Å². The van der Waals surface area contributed by atoms with Gasteiger partial charge in [0.1, 0.15) is 11.9 Å². The molecule has 2 N–H and O–H groups in total. The van der Waals surface area contributed by atoms with Crippen molar-refractivity contribution in [3.05, 3.63) is 113 Å². The zero-order valence-corrected chi connectivity index (χ0v) is 18.2. The average molecular weight is 439 g/mol. The number of fused-ring (bicyclic) bond motifs is 1. The number of halogens is 1. The van der Waals surface area contributed by atoms with Gasteiger partial charge in [-0.05, 0) is 55.3 Å². The highest BCUT2D eigenvalue weighted by molar-refractivity contribution is 6.03. The van der Waals surface area contributed by atoms with Gasteiger partial charge < -0.3 is 5.32 Å². The summed E-state index contributed by atoms with van der Waals surface area (Å²) >= 11 is 0. The van der Waals surface area contributed by atoms with Crippen LogP contribution in [0.25, 0.3) is 5.70 Å². The molecule has 33 heavy (non-hydrogen) atoms. The molecule has 164 valence electrons. The summed E-state index contributed by atoms with van der Waals surface area (Å²) in [6, 6.07) is 21.4. The van der Waals surface area contributed by atoms with Crippen molar-refractivity contribution in [2.24, 2.45) is 0 Å². The predicted molar refractivity (Wildman–Crippen MR) is 126 cm³/mol. The summed E-state index contributed by atoms with van der Waals surface area (Å²) < 4.78 is 15.2. The maximum absolute atomic E-state index is 13.6. The lowest BCUT2D eigenvalue weighted by Crippen LogP contribution is -2.20. The molecule has 0 fully saturated rings. The number of aromatic nitrogens is 3. The third kappa shape index (κ3) is 4.25. The minimum Gasteiger partial charge on any atom is -0.324 e. The first kappa shape index (κ1) is 20.6. The van der Waals surface area contributed by atoms with Crippen LogP contribution in [0.1, 0.15) is 38.7 Å². The second kappa shape index (κ2) is 8.35. The molecule has 0 aliphatic carbocycles. The van der Waals surface area contributed by atoms with Crippen molar-refractivity contribution in [3.8, 4) is 0 Å². The largest absolute Gasteiger partial charge is 0.324 e. The molecule has 0 saturated carbocycles. The van der Waals surface area contributed by atoms with Crippen molar-refractivity contribution in [1.29, 1.82) is 0 Å². The lowest BCUT2D eigenvalue weighted by Gasteiger charge is -2.24. The molecule has 0 spiro atoms. The molecule has 1 aliphatic heterocycles. The first-order valence-corrected chi connectivity index (χ1v) is 10.6. The standard InChI is InChI=1S/C26H22FN5O/c1-16-6-8-18(9-7-16)22-15-23(19-10-12-21(27)13-11-19)32-26(28-22)30-25(31-32)29-24(33)20-5-3-4-17(2)14-20/h3-15,23H,1-2H3,(H2,28,29,30,31,33)/t23-/m1/s1. The Hall–Kier alpha value is -4.26. The van der Waals surface area contributed by atoms with Gasteiger partial charge in [-0.25, -0.2) is 9.07 Å². The van der Waals surface area contributed by atoms with Crippen LogP contribution in [0.3, 0.4) is 0 Å². The summed E-state index contributed by atoms with van der Waals surface area (Å²) in [4.78, 5) is 17.2. The Bertz CT molecular complexity index is 1360. The monoisotopic (exact) mass is 439 g/mol. The molecule has 0 unspecified atom stereocenters. The van der Waals surface area contributed by atoms with E-state index < -0.39 is 0 Å². The molecule has 1 aromatic heterocycles. The fraction of sp³-hybridized carbons (Fsp3) is 0.115. The number of allylic oxidation sites excluding steroid dienone is 1. The van der Waals surface area contributed by atoms with Gasteiger partial charge in [-0.3, -0.25) is 10.1 Å². The van der Waals surface area contributed by atoms with Crippen LogP contribution in [0.15, 0.2) is 78.9 Å². The molecular weight excluding hydrogens is 417 g/mol. The Kier molecular flexibility index (Phi) is 5.22. The first-order valence-electron chi connectivity index (χ1n) is 10.6. The Morgan fingerprint density at radius 1 is 1.00 bits per heavy atom. The van der Waals surface area contributed by atoms with Crippen molar-refractivity contribution in [3.63, 3.8) is 0 Å². The number of nitrogens with zero attached hydrogens (tertiary/aromatic N) is 3. The molecule has 1 amide bonds. The second-order valence-corrected chi connectivity index (χ2v) is 8.09. The second-order valence-electron chi connectivity index (χ2n) is 8.09. The quantitative estimate of drug-likeness (QED) is 0.450. The van der Waals surface area contributed by atoms with Crippen LogP contribution in [-0.4, -0.2) is 20.7 Å². The average Bonchev–Trinajstić information content (AvgIpc) is 3.22. The van der Waals surface area contributed by atoms with Gasteiger partial charge in [-0.1, -0.05) is 59.7 Å². The van der Waals surface area contributed by atoms with Crippen LogP contribution >= 0.6 is 0 Å². The topological polar surface area (TPSA) is 71.8 Å². The molecule has 2 heterocycles. The van der Waals surface area contributed by atoms with Gasteiger partial charge >= 0.3 is 0 Å². The van der Waals surface area contributed by atoms with Crippen LogP contribution in [0.4, 0.5) is 16.3 Å². The van der Waals surface area contributed by atoms with E-state index in [9.17, 15) is 9.18 Å². The number of carbonyl (C=O) groups is 1. The fourth-order valence-electron chi connectivity index (χ4n) is 3.80. The SMILES string of the molecule is Cc1ccc(C2=C[C@H](c3ccc(F)cc3)n3nc(NC(=O)c4cccc(C)c4)nc3N2)cc1. The highest BCUT2D eigenvalue weighted by Gasteiger charge is 2.26. The third-order valence-electron chi connectivity index (χ3n) is 5.55. The van der Waals surface area contributed by atoms with Gasteiger partial charge in [0.05, 0.1) is 0 Å². The minimum atomic E-state index is -0.324. The highest BCUT2D eigenvalue weighted by Crippen LogP contribution is 2.33. The van der Waals surface area contributed by atoms with Crippen molar-refractivity contribution in [2.45, 2.75) is 19.9 Å². The van der Waals surface area contributed by atoms with E-state index in [0.29, 0.717) is 11.5 Å². The minimum absolute atomic E-state index is 0.190. The fourth-order valence-corrected chi connectivity index (χ4v) is 3.80. The number of aryl methyl sites for hydroxylation is 2. The summed E-state index contributed by atoms with van der Waals surface area (Å²) in [7, 11) is 0. The molecule has 0 saturated heterocycles. The first-order chi connectivity index (χ1) is 16.0. The summed E-state index contributed by atoms with van der Waals surface area (Å²) in [6.45, 7) is 3.97. The smallest absolute Gasteiger partial charge is 0.258 e. The highest BCUT2D eigenvalue weighted by atomic mass is 19.1. The van der Waals surface area contributed by atoms with Crippen molar-refractivity contribution in [1.82, 2.24) is 14.8 Å². The van der Waals surface area contributed by atoms with Crippen LogP contribution in [0.5, 0.6) is 0 Å². The maximum atomic E-state index is 13.6. The van der Waals surface area contributed by atoms with E-state index in [0.717, 1.165) is 28.0 Å². The van der Waals surface area contributed by atoms with Gasteiger partial charge in [-0.15, -0.1) is 5.10 Å². The Morgan fingerprint density at radius 2 is 1.76 bits per heavy atom. The van der Waals surface area contributed by atoms with E-state index in [4.69, 9.17) is 0 Å². The van der Waals surface area contributed by atoms with Crippen LogP contribution in [-0.2, 0) is 0 Å². The van der Waals surface area contributed by atoms with E-state index in [1.807, 2.05) is 62.4 Å². The molecular formula is C26H22FN5O. The Balaban J connectivity index is 1.51. The molecule has 4 aromatic rings. The molecule has 0 radical (unpaired) electrons. The summed E-state index contributed by atoms with van der Waals surface area (Å²) in [6.07, 6.45) is 2.02. The molecule has 1 atom stereocenters. The van der Waals surface area contributed by atoms with E-state index in [2.05, 4.69) is 20.7 Å². The van der Waals surface area contributed by atoms with E-state index >= 15 is 0 Å². The summed E-state index contributed by atoms with van der Waals surface area (Å²) in [5.41, 5.74) is 5.39. The molecule has 5 rings (SSSR count). The molecule has 6 nitrogen and oxygen atoms in total. The third-order valence-corrected chi connectivity index (χ3v) is 5.55. The van der Waals surface area contributed by atoms with E-state index in [-0.39, 0.29) is 23.7 Å². The predicted octanol–water partition coefficient (Wildman–Crippen LogP) is 5.34. The van der Waals surface area contributed by atoms with Gasteiger partial charge in [-0.2, -0.15) is 4.98 Å². The van der Waals surface area contributed by atoms with Crippen molar-refractivity contribution < 1.29 is 9.18 Å². The number of rotatable bonds is 4. The molecule has 1 aliphatic rings. The summed E-state index contributed by atoms with van der Waals surface area (Å²) in [5.74, 6) is 0.0867. The lowest BCUT2D eigenvalue weighted by atomic mass is 10.0. The van der Waals surface area contributed by atoms with E-state index in [1.54, 1.807) is 22.9 Å². The Labute approximate surface area is 190 Å². The van der Waals surface area contributed by atoms with Crippen molar-refractivity contribution >= 4 is 23.5 Å². The van der Waals surface area contributed by atoms with Gasteiger partial charge in [0.25, 0.3) is 11.9 Å². The molecule has 0 bridgehead atoms. The van der Waals surface area contributed by atoms with Crippen LogP contribution in [0.2, 0.25) is 0 Å². The normalized spacial score (nSPS) is 14.8. The molecule has 7 heteroatoms. The van der Waals surface area contributed by atoms with Gasteiger partial charge in [0, 0.05) is 11.3 Å². The van der Waals surface area contributed by atoms with Crippen LogP contribution < -0.4 is 10.6 Å². The Morgan fingerprint density at radius 3 is 2.48 bits per heavy atom. The molecule has 3 aromatic carbocycles. The zero-order valence-electron chi connectivity index (χ0n) is 18.2. The number of benzene rings is 3. The number of hydrogen-bond acceptors (Lipinski definition) is 4. The van der Waals surface area contributed by atoms with Gasteiger partial charge in [0.2, 0.25) is 5.95 Å². The van der Waals surface area contributed by atoms with Crippen molar-refractivity contribution in [2.75, 3.05) is 10.6 Å². The number of carbonyl (C=O) groups excluding carboxylic acids is 1. The lowest BCUT2D eigenvalue weighted by molar-refractivity contribution is 0.102. The summed E-state index contributed by atoms with van der Waals surface area (Å²) in [5, 5.41) is 10.6. The number of amides is 1. The number of nitrogens with one attached hydrogen (secondary N) is 2. The zero-order chi connectivity index (χ0) is 22.9.